The lowest BCUT2D eigenvalue weighted by Gasteiger charge is -2.18. The topological polar surface area (TPSA) is 18.5 Å². The largest absolute Gasteiger partial charge is 0.382 e. The van der Waals surface area contributed by atoms with Gasteiger partial charge in [-0.3, -0.25) is 0 Å². The number of hydrogen-bond donors (Lipinski definition) is 1. The van der Waals surface area contributed by atoms with Crippen LogP contribution in [0.1, 0.15) is 18.4 Å². The molecule has 0 radical (unpaired) electrons. The van der Waals surface area contributed by atoms with Gasteiger partial charge in [0, 0.05) is 13.0 Å². The van der Waals surface area contributed by atoms with E-state index in [4.69, 9.17) is 9.47 Å². The summed E-state index contributed by atoms with van der Waals surface area (Å²) < 4.78 is 10.7. The maximum Gasteiger partial charge on any atom is 0.0780 e. The van der Waals surface area contributed by atoms with Gasteiger partial charge in [0.15, 0.2) is 0 Å². The Morgan fingerprint density at radius 2 is 1.88 bits per heavy atom. The Balaban J connectivity index is 2.44. The molecule has 0 saturated heterocycles. The molecule has 2 nitrogen and oxygen atoms in total. The van der Waals surface area contributed by atoms with Gasteiger partial charge in [-0.15, -0.1) is 0 Å². The molecule has 0 aliphatic carbocycles. The van der Waals surface area contributed by atoms with Crippen molar-refractivity contribution >= 4 is 12.6 Å². The van der Waals surface area contributed by atoms with E-state index >= 15 is 0 Å². The van der Waals surface area contributed by atoms with Crippen molar-refractivity contribution in [1.82, 2.24) is 0 Å². The van der Waals surface area contributed by atoms with Gasteiger partial charge in [-0.25, -0.2) is 0 Å². The van der Waals surface area contributed by atoms with E-state index in [2.05, 4.69) is 24.8 Å². The number of thiol groups is 1. The second-order valence-electron chi connectivity index (χ2n) is 3.89. The predicted molar refractivity (Wildman–Crippen MR) is 70.3 cm³/mol. The first-order valence-electron chi connectivity index (χ1n) is 5.54. The zero-order valence-corrected chi connectivity index (χ0v) is 10.8. The second-order valence-corrected chi connectivity index (χ2v) is 4.25. The quantitative estimate of drug-likeness (QED) is 0.739. The minimum absolute atomic E-state index is 0.135. The fourth-order valence-corrected chi connectivity index (χ4v) is 1.86. The van der Waals surface area contributed by atoms with Crippen LogP contribution in [0.15, 0.2) is 30.3 Å². The fourth-order valence-electron chi connectivity index (χ4n) is 1.54. The Labute approximate surface area is 103 Å². The van der Waals surface area contributed by atoms with Crippen LogP contribution in [0.25, 0.3) is 0 Å². The molecule has 1 aromatic rings. The summed E-state index contributed by atoms with van der Waals surface area (Å²) in [6.45, 7) is 3.34. The number of rotatable bonds is 7. The molecule has 16 heavy (non-hydrogen) atoms. The molecule has 0 amide bonds. The highest BCUT2D eigenvalue weighted by molar-refractivity contribution is 7.80. The van der Waals surface area contributed by atoms with Crippen LogP contribution >= 0.6 is 12.6 Å². The number of hydrogen-bond acceptors (Lipinski definition) is 3. The second kappa shape index (κ2) is 7.71. The zero-order chi connectivity index (χ0) is 11.8. The van der Waals surface area contributed by atoms with Crippen molar-refractivity contribution in [3.05, 3.63) is 35.9 Å². The zero-order valence-electron chi connectivity index (χ0n) is 9.93. The molecule has 0 aromatic heterocycles. The third-order valence-electron chi connectivity index (χ3n) is 2.47. The van der Waals surface area contributed by atoms with Crippen LogP contribution in [-0.2, 0) is 9.47 Å². The third kappa shape index (κ3) is 4.56. The number of ether oxygens (including phenoxy) is 2. The van der Waals surface area contributed by atoms with Crippen molar-refractivity contribution in [2.75, 3.05) is 26.1 Å². The summed E-state index contributed by atoms with van der Waals surface area (Å²) >= 11 is 4.37. The summed E-state index contributed by atoms with van der Waals surface area (Å²) in [5.74, 6) is 1.15. The van der Waals surface area contributed by atoms with Crippen molar-refractivity contribution in [2.24, 2.45) is 0 Å². The van der Waals surface area contributed by atoms with Gasteiger partial charge in [-0.2, -0.15) is 12.6 Å². The molecule has 0 aliphatic rings. The van der Waals surface area contributed by atoms with Crippen molar-refractivity contribution in [1.29, 1.82) is 0 Å². The molecule has 2 unspecified atom stereocenters. The molecule has 90 valence electrons. The first kappa shape index (κ1) is 13.6. The molecule has 0 heterocycles. The van der Waals surface area contributed by atoms with Crippen LogP contribution in [0.3, 0.4) is 0 Å². The molecular formula is C13H20O2S. The van der Waals surface area contributed by atoms with Crippen molar-refractivity contribution < 1.29 is 9.47 Å². The number of benzene rings is 1. The predicted octanol–water partition coefficient (Wildman–Crippen LogP) is 2.75. The fraction of sp³-hybridized carbons (Fsp3) is 0.538. The molecule has 2 atom stereocenters. The molecule has 0 aliphatic heterocycles. The molecule has 0 N–H and O–H groups in total. The SMILES string of the molecule is COCC(C)OCC(CS)c1ccccc1. The lowest BCUT2D eigenvalue weighted by molar-refractivity contribution is 0.00480. The van der Waals surface area contributed by atoms with Gasteiger partial charge in [-0.1, -0.05) is 30.3 Å². The maximum absolute atomic E-state index is 5.72. The molecule has 3 heteroatoms. The molecular weight excluding hydrogens is 220 g/mol. The van der Waals surface area contributed by atoms with Crippen molar-refractivity contribution in [3.63, 3.8) is 0 Å². The van der Waals surface area contributed by atoms with Gasteiger partial charge in [0.1, 0.15) is 0 Å². The molecule has 0 saturated carbocycles. The Morgan fingerprint density at radius 3 is 2.44 bits per heavy atom. The van der Waals surface area contributed by atoms with Crippen molar-refractivity contribution in [2.45, 2.75) is 18.9 Å². The Morgan fingerprint density at radius 1 is 1.19 bits per heavy atom. The molecule has 0 bridgehead atoms. The summed E-state index contributed by atoms with van der Waals surface area (Å²) in [4.78, 5) is 0. The van der Waals surface area contributed by atoms with E-state index in [0.717, 1.165) is 5.75 Å². The van der Waals surface area contributed by atoms with Crippen LogP contribution in [0.5, 0.6) is 0 Å². The third-order valence-corrected chi connectivity index (χ3v) is 2.92. The van der Waals surface area contributed by atoms with E-state index in [0.29, 0.717) is 19.1 Å². The van der Waals surface area contributed by atoms with E-state index in [-0.39, 0.29) is 6.10 Å². The maximum atomic E-state index is 5.72. The summed E-state index contributed by atoms with van der Waals surface area (Å²) in [7, 11) is 1.69. The Kier molecular flexibility index (Phi) is 6.53. The summed E-state index contributed by atoms with van der Waals surface area (Å²) in [6.07, 6.45) is 0.135. The van der Waals surface area contributed by atoms with E-state index in [1.165, 1.54) is 5.56 Å². The highest BCUT2D eigenvalue weighted by atomic mass is 32.1. The van der Waals surface area contributed by atoms with E-state index in [1.807, 2.05) is 25.1 Å². The van der Waals surface area contributed by atoms with Gasteiger partial charge >= 0.3 is 0 Å². The van der Waals surface area contributed by atoms with Crippen molar-refractivity contribution in [3.8, 4) is 0 Å². The first-order chi connectivity index (χ1) is 7.77. The Hall–Kier alpha value is -0.510. The highest BCUT2D eigenvalue weighted by Gasteiger charge is 2.11. The minimum atomic E-state index is 0.135. The smallest absolute Gasteiger partial charge is 0.0780 e. The van der Waals surface area contributed by atoms with E-state index in [1.54, 1.807) is 7.11 Å². The average Bonchev–Trinajstić information content (AvgIpc) is 2.31. The van der Waals surface area contributed by atoms with Crippen LogP contribution in [0.2, 0.25) is 0 Å². The van der Waals surface area contributed by atoms with Gasteiger partial charge in [-0.05, 0) is 18.2 Å². The van der Waals surface area contributed by atoms with Gasteiger partial charge in [0.05, 0.1) is 19.3 Å². The van der Waals surface area contributed by atoms with Crippen LogP contribution in [0, 0.1) is 0 Å². The highest BCUT2D eigenvalue weighted by Crippen LogP contribution is 2.17. The first-order valence-corrected chi connectivity index (χ1v) is 6.17. The average molecular weight is 240 g/mol. The lowest BCUT2D eigenvalue weighted by Crippen LogP contribution is -2.19. The van der Waals surface area contributed by atoms with Gasteiger partial charge in [0.25, 0.3) is 0 Å². The van der Waals surface area contributed by atoms with E-state index in [9.17, 15) is 0 Å². The summed E-state index contributed by atoms with van der Waals surface area (Å²) in [5, 5.41) is 0. The molecule has 1 aromatic carbocycles. The Bertz CT molecular complexity index is 277. The van der Waals surface area contributed by atoms with E-state index < -0.39 is 0 Å². The van der Waals surface area contributed by atoms with Gasteiger partial charge in [0.2, 0.25) is 0 Å². The molecule has 0 fully saturated rings. The number of methoxy groups -OCH3 is 1. The van der Waals surface area contributed by atoms with Gasteiger partial charge < -0.3 is 9.47 Å². The van der Waals surface area contributed by atoms with Crippen LogP contribution in [-0.4, -0.2) is 32.2 Å². The summed E-state index contributed by atoms with van der Waals surface area (Å²) in [5.41, 5.74) is 1.28. The summed E-state index contributed by atoms with van der Waals surface area (Å²) in [6, 6.07) is 10.3. The van der Waals surface area contributed by atoms with Crippen LogP contribution < -0.4 is 0 Å². The minimum Gasteiger partial charge on any atom is -0.382 e. The normalized spacial score (nSPS) is 14.7. The lowest BCUT2D eigenvalue weighted by atomic mass is 10.0. The van der Waals surface area contributed by atoms with Crippen LogP contribution in [0.4, 0.5) is 0 Å². The standard InChI is InChI=1S/C13H20O2S/c1-11(8-14-2)15-9-13(10-16)12-6-4-3-5-7-12/h3-7,11,13,16H,8-10H2,1-2H3. The molecule has 0 spiro atoms. The monoisotopic (exact) mass is 240 g/mol. The molecule has 1 rings (SSSR count).